The Balaban J connectivity index is 0.00000312. The van der Waals surface area contributed by atoms with Crippen LogP contribution in [0.5, 0.6) is 0 Å². The topological polar surface area (TPSA) is 78.4 Å². The molecule has 0 spiro atoms. The highest BCUT2D eigenvalue weighted by Crippen LogP contribution is 2.17. The summed E-state index contributed by atoms with van der Waals surface area (Å²) in [6.07, 6.45) is 9.27. The van der Waals surface area contributed by atoms with E-state index in [0.717, 1.165) is 36.8 Å². The summed E-state index contributed by atoms with van der Waals surface area (Å²) < 4.78 is 0. The van der Waals surface area contributed by atoms with E-state index >= 15 is 0 Å². The van der Waals surface area contributed by atoms with Gasteiger partial charge in [-0.15, -0.1) is 35.3 Å². The number of aromatic nitrogens is 1. The smallest absolute Gasteiger partial charge is 0.221 e. The number of hydrogen-bond donors (Lipinski definition) is 3. The minimum atomic E-state index is 0. The Labute approximate surface area is 171 Å². The van der Waals surface area contributed by atoms with Gasteiger partial charge in [-0.2, -0.15) is 0 Å². The molecule has 0 bridgehead atoms. The first-order valence-electron chi connectivity index (χ1n) is 8.82. The monoisotopic (exact) mass is 479 g/mol. The number of rotatable bonds is 7. The molecule has 1 aliphatic carbocycles. The average Bonchev–Trinajstić information content (AvgIpc) is 2.99. The summed E-state index contributed by atoms with van der Waals surface area (Å²) in [5, 5.41) is 10.7. The molecular weight excluding hydrogens is 449 g/mol. The van der Waals surface area contributed by atoms with Gasteiger partial charge in [0.05, 0.1) is 5.01 Å². The Morgan fingerprint density at radius 2 is 2.00 bits per heavy atom. The van der Waals surface area contributed by atoms with E-state index in [-0.39, 0.29) is 29.9 Å². The van der Waals surface area contributed by atoms with Crippen molar-refractivity contribution in [3.05, 3.63) is 16.1 Å². The first-order valence-corrected chi connectivity index (χ1v) is 9.64. The van der Waals surface area contributed by atoms with Gasteiger partial charge in [0, 0.05) is 50.1 Å². The maximum Gasteiger partial charge on any atom is 0.221 e. The van der Waals surface area contributed by atoms with E-state index < -0.39 is 0 Å². The first kappa shape index (κ1) is 22.1. The number of guanidine groups is 1. The maximum absolute atomic E-state index is 12.0. The molecular formula is C17H30IN5OS. The van der Waals surface area contributed by atoms with Gasteiger partial charge in [0.15, 0.2) is 5.96 Å². The van der Waals surface area contributed by atoms with Gasteiger partial charge in [-0.25, -0.2) is 4.98 Å². The number of hydrogen-bond acceptors (Lipinski definition) is 4. The molecule has 1 amide bonds. The second kappa shape index (κ2) is 12.5. The van der Waals surface area contributed by atoms with E-state index in [4.69, 9.17) is 0 Å². The van der Waals surface area contributed by atoms with Crippen LogP contribution in [0.3, 0.4) is 0 Å². The Bertz CT molecular complexity index is 543. The van der Waals surface area contributed by atoms with E-state index in [1.165, 1.54) is 24.1 Å². The number of aryl methyl sites for hydroxylation is 1. The van der Waals surface area contributed by atoms with Crippen LogP contribution in [0.2, 0.25) is 0 Å². The van der Waals surface area contributed by atoms with E-state index in [9.17, 15) is 4.79 Å². The molecule has 1 heterocycles. The van der Waals surface area contributed by atoms with E-state index in [0.29, 0.717) is 19.0 Å². The molecule has 142 valence electrons. The van der Waals surface area contributed by atoms with Gasteiger partial charge < -0.3 is 16.0 Å². The lowest BCUT2D eigenvalue weighted by Crippen LogP contribution is -2.41. The first-order chi connectivity index (χ1) is 11.7. The summed E-state index contributed by atoms with van der Waals surface area (Å²) >= 11 is 1.72. The largest absolute Gasteiger partial charge is 0.356 e. The normalized spacial score (nSPS) is 15.4. The van der Waals surface area contributed by atoms with Gasteiger partial charge in [0.25, 0.3) is 0 Å². The molecule has 25 heavy (non-hydrogen) atoms. The molecule has 1 fully saturated rings. The zero-order valence-electron chi connectivity index (χ0n) is 15.1. The van der Waals surface area contributed by atoms with Crippen molar-refractivity contribution in [2.24, 2.45) is 4.99 Å². The molecule has 0 radical (unpaired) electrons. The van der Waals surface area contributed by atoms with Gasteiger partial charge in [-0.3, -0.25) is 9.79 Å². The maximum atomic E-state index is 12.0. The van der Waals surface area contributed by atoms with Gasteiger partial charge in [-0.05, 0) is 19.8 Å². The molecule has 1 aromatic rings. The van der Waals surface area contributed by atoms with Crippen LogP contribution in [0.25, 0.3) is 0 Å². The number of nitrogens with zero attached hydrogens (tertiary/aromatic N) is 2. The van der Waals surface area contributed by atoms with E-state index in [2.05, 4.69) is 32.9 Å². The van der Waals surface area contributed by atoms with Crippen molar-refractivity contribution in [1.29, 1.82) is 0 Å². The summed E-state index contributed by atoms with van der Waals surface area (Å²) in [7, 11) is 1.74. The molecule has 0 aliphatic heterocycles. The fourth-order valence-electron chi connectivity index (χ4n) is 2.87. The minimum Gasteiger partial charge on any atom is -0.356 e. The summed E-state index contributed by atoms with van der Waals surface area (Å²) in [6, 6.07) is 0.380. The number of thiazole rings is 1. The lowest BCUT2D eigenvalue weighted by molar-refractivity contribution is -0.121. The Kier molecular flexibility index (Phi) is 11.0. The summed E-state index contributed by atoms with van der Waals surface area (Å²) in [5.74, 6) is 0.858. The number of amides is 1. The number of carbonyl (C=O) groups is 1. The van der Waals surface area contributed by atoms with E-state index in [1.54, 1.807) is 18.4 Å². The summed E-state index contributed by atoms with van der Waals surface area (Å²) in [4.78, 5) is 21.7. The van der Waals surface area contributed by atoms with Crippen molar-refractivity contribution in [3.8, 4) is 0 Å². The average molecular weight is 479 g/mol. The van der Waals surface area contributed by atoms with Gasteiger partial charge in [-0.1, -0.05) is 19.3 Å². The molecule has 8 heteroatoms. The summed E-state index contributed by atoms with van der Waals surface area (Å²) in [6.45, 7) is 3.43. The van der Waals surface area contributed by atoms with Crippen LogP contribution in [0, 0.1) is 6.92 Å². The van der Waals surface area contributed by atoms with E-state index in [1.807, 2.05) is 6.20 Å². The second-order valence-corrected chi connectivity index (χ2v) is 7.51. The Hall–Kier alpha value is -0.900. The van der Waals surface area contributed by atoms with Crippen LogP contribution in [-0.2, 0) is 11.2 Å². The molecule has 0 unspecified atom stereocenters. The quantitative estimate of drug-likeness (QED) is 0.319. The fraction of sp³-hybridized carbons (Fsp3) is 0.706. The van der Waals surface area contributed by atoms with Crippen LogP contribution in [0.4, 0.5) is 0 Å². The predicted molar refractivity (Wildman–Crippen MR) is 115 cm³/mol. The molecule has 0 aromatic carbocycles. The zero-order valence-corrected chi connectivity index (χ0v) is 18.3. The third-order valence-electron chi connectivity index (χ3n) is 4.14. The highest BCUT2D eigenvalue weighted by molar-refractivity contribution is 14.0. The molecule has 2 rings (SSSR count). The second-order valence-electron chi connectivity index (χ2n) is 6.19. The van der Waals surface area contributed by atoms with Crippen LogP contribution in [-0.4, -0.2) is 43.0 Å². The van der Waals surface area contributed by atoms with Crippen LogP contribution in [0.15, 0.2) is 11.2 Å². The number of aliphatic imine (C=N–C) groups is 1. The lowest BCUT2D eigenvalue weighted by atomic mass is 9.95. The number of halogens is 1. The molecule has 0 atom stereocenters. The SMILES string of the molecule is CN=C(NCCC(=O)NC1CCCCC1)NCCc1ncc(C)s1.I. The molecule has 1 saturated carbocycles. The van der Waals surface area contributed by atoms with Crippen LogP contribution in [0.1, 0.15) is 48.4 Å². The highest BCUT2D eigenvalue weighted by Gasteiger charge is 2.15. The molecule has 6 nitrogen and oxygen atoms in total. The summed E-state index contributed by atoms with van der Waals surface area (Å²) in [5.41, 5.74) is 0. The van der Waals surface area contributed by atoms with Crippen molar-refractivity contribution >= 4 is 47.2 Å². The fourth-order valence-corrected chi connectivity index (χ4v) is 3.65. The van der Waals surface area contributed by atoms with Crippen LogP contribution >= 0.6 is 35.3 Å². The number of nitrogens with one attached hydrogen (secondary N) is 3. The molecule has 1 aliphatic rings. The third kappa shape index (κ3) is 8.84. The van der Waals surface area contributed by atoms with Gasteiger partial charge in [0.1, 0.15) is 0 Å². The molecule has 1 aromatic heterocycles. The Morgan fingerprint density at radius 1 is 1.28 bits per heavy atom. The molecule has 3 N–H and O–H groups in total. The van der Waals surface area contributed by atoms with Crippen LogP contribution < -0.4 is 16.0 Å². The molecule has 0 saturated heterocycles. The highest BCUT2D eigenvalue weighted by atomic mass is 127. The van der Waals surface area contributed by atoms with Crippen molar-refractivity contribution in [3.63, 3.8) is 0 Å². The standard InChI is InChI=1S/C17H29N5OS.HI/c1-13-12-21-16(24-13)9-11-20-17(18-2)19-10-8-15(23)22-14-6-4-3-5-7-14;/h12,14H,3-11H2,1-2H3,(H,22,23)(H2,18,19,20);1H. The van der Waals surface area contributed by atoms with Gasteiger partial charge in [0.2, 0.25) is 5.91 Å². The van der Waals surface area contributed by atoms with Crippen molar-refractivity contribution in [1.82, 2.24) is 20.9 Å². The zero-order chi connectivity index (χ0) is 17.2. The third-order valence-corrected chi connectivity index (χ3v) is 5.11. The predicted octanol–water partition coefficient (Wildman–Crippen LogP) is 2.62. The lowest BCUT2D eigenvalue weighted by Gasteiger charge is -2.22. The minimum absolute atomic E-state index is 0. The van der Waals surface area contributed by atoms with Gasteiger partial charge >= 0.3 is 0 Å². The Morgan fingerprint density at radius 3 is 2.64 bits per heavy atom. The van der Waals surface area contributed by atoms with Crippen molar-refractivity contribution < 1.29 is 4.79 Å². The van der Waals surface area contributed by atoms with Crippen molar-refractivity contribution in [2.75, 3.05) is 20.1 Å². The number of carbonyl (C=O) groups excluding carboxylic acids is 1. The van der Waals surface area contributed by atoms with Crippen molar-refractivity contribution in [2.45, 2.75) is 57.9 Å².